The number of halogens is 3. The molecule has 1 aromatic heterocycles. The molecule has 2 aromatic rings. The molecule has 1 aromatic carbocycles. The van der Waals surface area contributed by atoms with Crippen molar-refractivity contribution in [1.29, 1.82) is 0 Å². The number of aromatic nitrogens is 2. The van der Waals surface area contributed by atoms with Crippen molar-refractivity contribution in [3.8, 4) is 5.75 Å². The minimum Gasteiger partial charge on any atom is -0.406 e. The summed E-state index contributed by atoms with van der Waals surface area (Å²) >= 11 is 0. The van der Waals surface area contributed by atoms with Gasteiger partial charge in [0.05, 0.1) is 11.5 Å². The summed E-state index contributed by atoms with van der Waals surface area (Å²) in [7, 11) is 0. The summed E-state index contributed by atoms with van der Waals surface area (Å²) in [6, 6.07) is 5.19. The quantitative estimate of drug-likeness (QED) is 0.640. The van der Waals surface area contributed by atoms with Crippen LogP contribution in [0.25, 0.3) is 0 Å². The van der Waals surface area contributed by atoms with Crippen LogP contribution in [-0.2, 0) is 6.54 Å². The zero-order valence-electron chi connectivity index (χ0n) is 9.87. The van der Waals surface area contributed by atoms with Gasteiger partial charge < -0.3 is 4.74 Å². The molecule has 0 N–H and O–H groups in total. The van der Waals surface area contributed by atoms with Gasteiger partial charge in [-0.1, -0.05) is 12.1 Å². The highest BCUT2D eigenvalue weighted by molar-refractivity contribution is 5.28. The summed E-state index contributed by atoms with van der Waals surface area (Å²) in [6.07, 6.45) is -2.40. The van der Waals surface area contributed by atoms with Gasteiger partial charge in [-0.3, -0.25) is 14.8 Å². The van der Waals surface area contributed by atoms with Crippen molar-refractivity contribution in [2.45, 2.75) is 12.9 Å². The number of rotatable bonds is 4. The molecule has 0 saturated heterocycles. The molecule has 2 rings (SSSR count). The second-order valence-corrected chi connectivity index (χ2v) is 3.84. The van der Waals surface area contributed by atoms with Crippen molar-refractivity contribution in [3.05, 3.63) is 52.3 Å². The third-order valence-corrected chi connectivity index (χ3v) is 2.33. The molecule has 20 heavy (non-hydrogen) atoms. The van der Waals surface area contributed by atoms with E-state index in [0.717, 1.165) is 6.20 Å². The Kier molecular flexibility index (Phi) is 3.59. The maximum absolute atomic E-state index is 12.0. The van der Waals surface area contributed by atoms with Crippen molar-refractivity contribution in [1.82, 2.24) is 9.78 Å². The zero-order chi connectivity index (χ0) is 14.8. The van der Waals surface area contributed by atoms with Gasteiger partial charge in [-0.05, 0) is 17.7 Å². The van der Waals surface area contributed by atoms with E-state index in [9.17, 15) is 23.3 Å². The Morgan fingerprint density at radius 2 is 1.95 bits per heavy atom. The first kappa shape index (κ1) is 13.8. The highest BCUT2D eigenvalue weighted by atomic mass is 19.4. The van der Waals surface area contributed by atoms with Crippen molar-refractivity contribution in [2.24, 2.45) is 0 Å². The molecule has 9 heteroatoms. The maximum Gasteiger partial charge on any atom is 0.573 e. The molecule has 0 aliphatic rings. The average molecular weight is 287 g/mol. The molecule has 0 saturated carbocycles. The number of ether oxygens (including phenoxy) is 1. The number of alkyl halides is 3. The van der Waals surface area contributed by atoms with Crippen LogP contribution in [0.5, 0.6) is 5.75 Å². The van der Waals surface area contributed by atoms with Crippen LogP contribution < -0.4 is 4.74 Å². The number of hydrogen-bond donors (Lipinski definition) is 0. The van der Waals surface area contributed by atoms with Crippen LogP contribution in [0.1, 0.15) is 5.56 Å². The average Bonchev–Trinajstić information content (AvgIpc) is 2.78. The predicted octanol–water partition coefficient (Wildman–Crippen LogP) is 2.74. The van der Waals surface area contributed by atoms with Gasteiger partial charge >= 0.3 is 12.0 Å². The highest BCUT2D eigenvalue weighted by Gasteiger charge is 2.30. The van der Waals surface area contributed by atoms with E-state index in [2.05, 4.69) is 9.84 Å². The molecule has 106 valence electrons. The number of hydrogen-bond acceptors (Lipinski definition) is 4. The SMILES string of the molecule is O=[N+]([O-])c1cnn(Cc2ccc(OC(F)(F)F)cc2)c1. The van der Waals surface area contributed by atoms with Crippen molar-refractivity contribution in [2.75, 3.05) is 0 Å². The highest BCUT2D eigenvalue weighted by Crippen LogP contribution is 2.23. The van der Waals surface area contributed by atoms with Gasteiger partial charge in [-0.25, -0.2) is 0 Å². The molecule has 0 unspecified atom stereocenters. The smallest absolute Gasteiger partial charge is 0.406 e. The summed E-state index contributed by atoms with van der Waals surface area (Å²) in [5.74, 6) is -0.326. The molecule has 0 bridgehead atoms. The van der Waals surface area contributed by atoms with Crippen molar-refractivity contribution >= 4 is 5.69 Å². The third-order valence-electron chi connectivity index (χ3n) is 2.33. The Hall–Kier alpha value is -2.58. The molecular weight excluding hydrogens is 279 g/mol. The Morgan fingerprint density at radius 1 is 1.30 bits per heavy atom. The van der Waals surface area contributed by atoms with Gasteiger partial charge in [0, 0.05) is 0 Å². The minimum atomic E-state index is -4.73. The van der Waals surface area contributed by atoms with Crippen LogP contribution in [0.3, 0.4) is 0 Å². The lowest BCUT2D eigenvalue weighted by atomic mass is 10.2. The first-order chi connectivity index (χ1) is 9.33. The molecule has 0 radical (unpaired) electrons. The van der Waals surface area contributed by atoms with E-state index < -0.39 is 11.3 Å². The molecule has 0 spiro atoms. The molecule has 6 nitrogen and oxygen atoms in total. The molecule has 0 amide bonds. The summed E-state index contributed by atoms with van der Waals surface area (Å²) in [5, 5.41) is 14.3. The molecule has 0 aliphatic carbocycles. The molecule has 0 atom stereocenters. The van der Waals surface area contributed by atoms with Crippen LogP contribution in [-0.4, -0.2) is 21.1 Å². The van der Waals surface area contributed by atoms with Crippen molar-refractivity contribution in [3.63, 3.8) is 0 Å². The fourth-order valence-corrected chi connectivity index (χ4v) is 1.52. The van der Waals surface area contributed by atoms with E-state index in [4.69, 9.17) is 0 Å². The van der Waals surface area contributed by atoms with Crippen LogP contribution in [0.4, 0.5) is 18.9 Å². The van der Waals surface area contributed by atoms with Crippen LogP contribution >= 0.6 is 0 Å². The van der Waals surface area contributed by atoms with Gasteiger partial charge in [0.15, 0.2) is 0 Å². The number of nitro groups is 1. The predicted molar refractivity (Wildman–Crippen MR) is 61.1 cm³/mol. The van der Waals surface area contributed by atoms with Crippen LogP contribution in [0.15, 0.2) is 36.7 Å². The van der Waals surface area contributed by atoms with Gasteiger partial charge in [-0.2, -0.15) is 5.10 Å². The van der Waals surface area contributed by atoms with Gasteiger partial charge in [-0.15, -0.1) is 13.2 Å². The van der Waals surface area contributed by atoms with Gasteiger partial charge in [0.1, 0.15) is 18.1 Å². The van der Waals surface area contributed by atoms with E-state index in [-0.39, 0.29) is 18.0 Å². The first-order valence-corrected chi connectivity index (χ1v) is 5.35. The summed E-state index contributed by atoms with van der Waals surface area (Å²) < 4.78 is 40.9. The van der Waals surface area contributed by atoms with Crippen LogP contribution in [0, 0.1) is 10.1 Å². The minimum absolute atomic E-state index is 0.151. The maximum atomic E-state index is 12.0. The first-order valence-electron chi connectivity index (χ1n) is 5.35. The summed E-state index contributed by atoms with van der Waals surface area (Å²) in [5.41, 5.74) is 0.486. The third kappa shape index (κ3) is 3.70. The van der Waals surface area contributed by atoms with E-state index in [1.807, 2.05) is 0 Å². The normalized spacial score (nSPS) is 11.3. The summed E-state index contributed by atoms with van der Waals surface area (Å²) in [6.45, 7) is 0.208. The number of benzene rings is 1. The Labute approximate surface area is 110 Å². The lowest BCUT2D eigenvalue weighted by Crippen LogP contribution is -2.17. The van der Waals surface area contributed by atoms with Gasteiger partial charge in [0.2, 0.25) is 0 Å². The van der Waals surface area contributed by atoms with E-state index in [0.29, 0.717) is 5.56 Å². The van der Waals surface area contributed by atoms with E-state index in [1.165, 1.54) is 35.1 Å². The monoisotopic (exact) mass is 287 g/mol. The lowest BCUT2D eigenvalue weighted by Gasteiger charge is -2.09. The Morgan fingerprint density at radius 3 is 2.45 bits per heavy atom. The second-order valence-electron chi connectivity index (χ2n) is 3.84. The fraction of sp³-hybridized carbons (Fsp3) is 0.182. The molecule has 0 aliphatic heterocycles. The van der Waals surface area contributed by atoms with Gasteiger partial charge in [0.25, 0.3) is 0 Å². The van der Waals surface area contributed by atoms with E-state index in [1.54, 1.807) is 0 Å². The zero-order valence-corrected chi connectivity index (χ0v) is 9.87. The topological polar surface area (TPSA) is 70.2 Å². The number of nitrogens with zero attached hydrogens (tertiary/aromatic N) is 3. The standard InChI is InChI=1S/C11H8F3N3O3/c12-11(13,14)20-10-3-1-8(2-4-10)6-16-7-9(5-15-16)17(18)19/h1-5,7H,6H2. The molecule has 0 fully saturated rings. The largest absolute Gasteiger partial charge is 0.573 e. The van der Waals surface area contributed by atoms with Crippen molar-refractivity contribution < 1.29 is 22.8 Å². The van der Waals surface area contributed by atoms with Crippen LogP contribution in [0.2, 0.25) is 0 Å². The Balaban J connectivity index is 2.04. The summed E-state index contributed by atoms with van der Waals surface area (Å²) in [4.78, 5) is 9.89. The molecule has 1 heterocycles. The Bertz CT molecular complexity index is 607. The van der Waals surface area contributed by atoms with E-state index >= 15 is 0 Å². The molecular formula is C11H8F3N3O3. The fourth-order valence-electron chi connectivity index (χ4n) is 1.52. The lowest BCUT2D eigenvalue weighted by molar-refractivity contribution is -0.385. The second kappa shape index (κ2) is 5.19.